The highest BCUT2D eigenvalue weighted by Crippen LogP contribution is 2.21. The number of nitrogens with one attached hydrogen (secondary N) is 1. The maximum Gasteiger partial charge on any atom is 0.362 e. The van der Waals surface area contributed by atoms with Crippen molar-refractivity contribution in [3.63, 3.8) is 0 Å². The summed E-state index contributed by atoms with van der Waals surface area (Å²) in [5.74, 6) is -2.47. The van der Waals surface area contributed by atoms with Crippen molar-refractivity contribution in [2.45, 2.75) is 52.7 Å². The van der Waals surface area contributed by atoms with Crippen molar-refractivity contribution < 1.29 is 33.1 Å². The molecule has 0 aliphatic rings. The number of ether oxygens (including phenoxy) is 2. The van der Waals surface area contributed by atoms with E-state index in [9.17, 15) is 18.8 Å². The third-order valence-corrected chi connectivity index (χ3v) is 4.56. The number of hydrogen-bond acceptors (Lipinski definition) is 9. The first-order valence-corrected chi connectivity index (χ1v) is 10.9. The van der Waals surface area contributed by atoms with Crippen LogP contribution in [0, 0.1) is 5.82 Å². The van der Waals surface area contributed by atoms with Gasteiger partial charge in [-0.3, -0.25) is 10.1 Å². The van der Waals surface area contributed by atoms with Gasteiger partial charge in [-0.15, -0.1) is 11.3 Å². The van der Waals surface area contributed by atoms with Crippen LogP contribution < -0.4 is 5.32 Å². The van der Waals surface area contributed by atoms with Crippen molar-refractivity contribution >= 4 is 40.0 Å². The lowest BCUT2D eigenvalue weighted by molar-refractivity contribution is -0.179. The molecule has 0 saturated heterocycles. The van der Waals surface area contributed by atoms with E-state index in [1.165, 1.54) is 31.4 Å². The summed E-state index contributed by atoms with van der Waals surface area (Å²) < 4.78 is 23.4. The number of thiazole rings is 1. The van der Waals surface area contributed by atoms with E-state index in [-0.39, 0.29) is 28.7 Å². The van der Waals surface area contributed by atoms with Gasteiger partial charge in [-0.2, -0.15) is 0 Å². The summed E-state index contributed by atoms with van der Waals surface area (Å²) in [5, 5.41) is 8.03. The Hall–Kier alpha value is -3.34. The molecule has 0 aliphatic carbocycles. The van der Waals surface area contributed by atoms with E-state index in [1.54, 1.807) is 27.7 Å². The predicted octanol–water partition coefficient (Wildman–Crippen LogP) is 3.94. The molecule has 2 rings (SSSR count). The number of halogens is 1. The molecule has 1 aromatic heterocycles. The van der Waals surface area contributed by atoms with Gasteiger partial charge in [0.05, 0.1) is 6.61 Å². The van der Waals surface area contributed by atoms with Crippen molar-refractivity contribution in [3.05, 3.63) is 46.7 Å². The van der Waals surface area contributed by atoms with Crippen molar-refractivity contribution in [2.75, 3.05) is 11.9 Å². The van der Waals surface area contributed by atoms with Gasteiger partial charge in [-0.25, -0.2) is 19.0 Å². The van der Waals surface area contributed by atoms with E-state index >= 15 is 0 Å². The average molecular weight is 480 g/mol. The van der Waals surface area contributed by atoms with Crippen LogP contribution in [0.15, 0.2) is 34.8 Å². The topological polar surface area (TPSA) is 116 Å². The van der Waals surface area contributed by atoms with Crippen LogP contribution in [0.25, 0.3) is 0 Å². The first-order chi connectivity index (χ1) is 15.3. The number of esters is 2. The fourth-order valence-corrected chi connectivity index (χ4v) is 2.89. The summed E-state index contributed by atoms with van der Waals surface area (Å²) in [7, 11) is 0. The smallest absolute Gasteiger partial charge is 0.362 e. The minimum atomic E-state index is -1.50. The predicted molar refractivity (Wildman–Crippen MR) is 121 cm³/mol. The van der Waals surface area contributed by atoms with Crippen LogP contribution in [0.2, 0.25) is 0 Å². The second-order valence-corrected chi connectivity index (χ2v) is 9.12. The first-order valence-electron chi connectivity index (χ1n) is 10.0. The molecule has 0 bridgehead atoms. The second kappa shape index (κ2) is 10.5. The molecule has 1 amide bonds. The van der Waals surface area contributed by atoms with E-state index in [2.05, 4.69) is 15.5 Å². The molecular formula is C22H26FN3O6S. The van der Waals surface area contributed by atoms with Crippen molar-refractivity contribution in [1.29, 1.82) is 0 Å². The van der Waals surface area contributed by atoms with Gasteiger partial charge in [-0.1, -0.05) is 5.16 Å². The SMILES string of the molecule is CCOC(=O)/C(=N\OC(C)(C)C(=O)OC(C)(C)C)c1csc(NC(=O)c2ccc(F)cc2)n1. The standard InChI is InChI=1S/C22H26FN3O6S/c1-7-30-18(28)16(26-32-22(5,6)19(29)31-21(2,3)4)15-12-33-20(24-15)25-17(27)13-8-10-14(23)11-9-13/h8-12H,7H2,1-6H3,(H,24,25,27)/b26-16-. The van der Waals surface area contributed by atoms with E-state index in [4.69, 9.17) is 14.3 Å². The van der Waals surface area contributed by atoms with Gasteiger partial charge in [0.1, 0.15) is 17.1 Å². The molecule has 0 atom stereocenters. The lowest BCUT2D eigenvalue weighted by Crippen LogP contribution is -2.40. The number of rotatable bonds is 8. The Labute approximate surface area is 194 Å². The zero-order valence-corrected chi connectivity index (χ0v) is 20.0. The minimum absolute atomic E-state index is 0.0750. The third-order valence-electron chi connectivity index (χ3n) is 3.80. The normalized spacial score (nSPS) is 12.2. The maximum absolute atomic E-state index is 13.1. The number of amides is 1. The highest BCUT2D eigenvalue weighted by Gasteiger charge is 2.36. The van der Waals surface area contributed by atoms with E-state index in [0.29, 0.717) is 0 Å². The van der Waals surface area contributed by atoms with E-state index in [1.807, 2.05) is 0 Å². The fraction of sp³-hybridized carbons (Fsp3) is 0.409. The van der Waals surface area contributed by atoms with Crippen LogP contribution in [0.4, 0.5) is 9.52 Å². The maximum atomic E-state index is 13.1. The quantitative estimate of drug-likeness (QED) is 0.346. The van der Waals surface area contributed by atoms with Crippen LogP contribution in [0.3, 0.4) is 0 Å². The Kier molecular flexibility index (Phi) is 8.26. The number of carbonyl (C=O) groups excluding carboxylic acids is 3. The van der Waals surface area contributed by atoms with Crippen LogP contribution in [0.1, 0.15) is 57.6 Å². The van der Waals surface area contributed by atoms with Crippen LogP contribution in [-0.2, 0) is 23.9 Å². The average Bonchev–Trinajstić information content (AvgIpc) is 3.15. The van der Waals surface area contributed by atoms with Crippen LogP contribution in [0.5, 0.6) is 0 Å². The van der Waals surface area contributed by atoms with E-state index < -0.39 is 34.9 Å². The fourth-order valence-electron chi connectivity index (χ4n) is 2.20. The molecule has 0 radical (unpaired) electrons. The molecule has 9 nitrogen and oxygen atoms in total. The second-order valence-electron chi connectivity index (χ2n) is 8.26. The molecule has 33 heavy (non-hydrogen) atoms. The third kappa shape index (κ3) is 7.63. The van der Waals surface area contributed by atoms with E-state index in [0.717, 1.165) is 23.5 Å². The Bertz CT molecular complexity index is 1040. The largest absolute Gasteiger partial charge is 0.461 e. The molecule has 11 heteroatoms. The van der Waals surface area contributed by atoms with Crippen molar-refractivity contribution in [2.24, 2.45) is 5.16 Å². The minimum Gasteiger partial charge on any atom is -0.461 e. The summed E-state index contributed by atoms with van der Waals surface area (Å²) in [6, 6.07) is 4.99. The lowest BCUT2D eigenvalue weighted by Gasteiger charge is -2.26. The zero-order chi connectivity index (χ0) is 24.8. The molecule has 1 heterocycles. The monoisotopic (exact) mass is 479 g/mol. The zero-order valence-electron chi connectivity index (χ0n) is 19.2. The number of nitrogens with zero attached hydrogens (tertiary/aromatic N) is 2. The molecule has 178 valence electrons. The van der Waals surface area contributed by atoms with Gasteiger partial charge in [0, 0.05) is 10.9 Å². The summed E-state index contributed by atoms with van der Waals surface area (Å²) in [6.45, 7) is 9.73. The molecule has 1 N–H and O–H groups in total. The molecule has 0 saturated carbocycles. The number of oxime groups is 1. The van der Waals surface area contributed by atoms with Gasteiger partial charge in [0.15, 0.2) is 5.13 Å². The van der Waals surface area contributed by atoms with Gasteiger partial charge < -0.3 is 14.3 Å². The molecule has 0 aliphatic heterocycles. The molecule has 1 aromatic carbocycles. The lowest BCUT2D eigenvalue weighted by atomic mass is 10.1. The van der Waals surface area contributed by atoms with Crippen molar-refractivity contribution in [1.82, 2.24) is 4.98 Å². The summed E-state index contributed by atoms with van der Waals surface area (Å²) in [6.07, 6.45) is 0. The summed E-state index contributed by atoms with van der Waals surface area (Å²) >= 11 is 1.03. The van der Waals surface area contributed by atoms with Crippen molar-refractivity contribution in [3.8, 4) is 0 Å². The van der Waals surface area contributed by atoms with Gasteiger partial charge in [0.25, 0.3) is 5.91 Å². The number of aromatic nitrogens is 1. The van der Waals surface area contributed by atoms with Crippen LogP contribution in [-0.4, -0.2) is 46.4 Å². The summed E-state index contributed by atoms with van der Waals surface area (Å²) in [4.78, 5) is 46.7. The number of carbonyl (C=O) groups is 3. The number of hydrogen-bond donors (Lipinski definition) is 1. The number of anilines is 1. The van der Waals surface area contributed by atoms with Gasteiger partial charge in [0.2, 0.25) is 11.3 Å². The number of benzene rings is 1. The highest BCUT2D eigenvalue weighted by molar-refractivity contribution is 7.14. The molecule has 0 unspecified atom stereocenters. The Morgan fingerprint density at radius 3 is 2.33 bits per heavy atom. The molecular weight excluding hydrogens is 453 g/mol. The Balaban J connectivity index is 2.23. The van der Waals surface area contributed by atoms with Gasteiger partial charge >= 0.3 is 11.9 Å². The van der Waals surface area contributed by atoms with Gasteiger partial charge in [-0.05, 0) is 65.8 Å². The summed E-state index contributed by atoms with van der Waals surface area (Å²) in [5.41, 5.74) is -2.21. The molecule has 0 fully saturated rings. The molecule has 0 spiro atoms. The molecule has 2 aromatic rings. The Morgan fingerprint density at radius 2 is 1.76 bits per heavy atom. The Morgan fingerprint density at radius 1 is 1.12 bits per heavy atom. The highest BCUT2D eigenvalue weighted by atomic mass is 32.1. The van der Waals surface area contributed by atoms with Crippen LogP contribution >= 0.6 is 11.3 Å². The first kappa shape index (κ1) is 25.9.